The number of fused-ring (bicyclic) bond motifs is 1. The van der Waals surface area contributed by atoms with Gasteiger partial charge in [-0.2, -0.15) is 5.10 Å². The molecule has 0 aliphatic carbocycles. The summed E-state index contributed by atoms with van der Waals surface area (Å²) >= 11 is 0. The van der Waals surface area contributed by atoms with Crippen LogP contribution in [-0.4, -0.2) is 14.8 Å². The smallest absolute Gasteiger partial charge is 0.228 e. The van der Waals surface area contributed by atoms with Crippen LogP contribution in [0.3, 0.4) is 0 Å². The molecular formula is C23H20F3N3. The number of halogens is 3. The number of aromatic nitrogens is 3. The lowest BCUT2D eigenvalue weighted by Crippen LogP contribution is -2.00. The Hall–Kier alpha value is -3.15. The van der Waals surface area contributed by atoms with Crippen molar-refractivity contribution >= 4 is 11.0 Å². The van der Waals surface area contributed by atoms with E-state index in [4.69, 9.17) is 4.98 Å². The fourth-order valence-electron chi connectivity index (χ4n) is 3.38. The fourth-order valence-corrected chi connectivity index (χ4v) is 3.38. The number of nitrogens with zero attached hydrogens (tertiary/aromatic N) is 3. The summed E-state index contributed by atoms with van der Waals surface area (Å²) in [5.74, 6) is -0.459. The highest BCUT2D eigenvalue weighted by Crippen LogP contribution is 2.36. The molecule has 29 heavy (non-hydrogen) atoms. The van der Waals surface area contributed by atoms with E-state index in [2.05, 4.69) is 5.10 Å². The molecule has 0 bridgehead atoms. The van der Waals surface area contributed by atoms with Crippen molar-refractivity contribution in [3.8, 4) is 16.9 Å². The van der Waals surface area contributed by atoms with E-state index in [0.29, 0.717) is 28.1 Å². The SMILES string of the molecule is Cc1ccc(-c2cc(C(F)F)c3c(C(C)C)nn(-c4ccc(F)cc4)c3n2)cc1. The Labute approximate surface area is 166 Å². The minimum atomic E-state index is -2.67. The molecule has 0 aliphatic heterocycles. The third kappa shape index (κ3) is 3.50. The zero-order valence-electron chi connectivity index (χ0n) is 16.3. The second-order valence-corrected chi connectivity index (χ2v) is 7.39. The van der Waals surface area contributed by atoms with E-state index >= 15 is 0 Å². The predicted octanol–water partition coefficient (Wildman–Crippen LogP) is 6.60. The van der Waals surface area contributed by atoms with Crippen LogP contribution in [0, 0.1) is 12.7 Å². The maximum Gasteiger partial charge on any atom is 0.264 e. The van der Waals surface area contributed by atoms with Gasteiger partial charge in [-0.1, -0.05) is 43.7 Å². The molecule has 4 aromatic rings. The zero-order chi connectivity index (χ0) is 20.7. The molecule has 0 aliphatic rings. The molecule has 0 amide bonds. The van der Waals surface area contributed by atoms with Gasteiger partial charge in [-0.15, -0.1) is 0 Å². The maximum absolute atomic E-state index is 14.1. The lowest BCUT2D eigenvalue weighted by molar-refractivity contribution is 0.153. The van der Waals surface area contributed by atoms with Crippen LogP contribution < -0.4 is 0 Å². The second-order valence-electron chi connectivity index (χ2n) is 7.39. The van der Waals surface area contributed by atoms with Gasteiger partial charge in [0.2, 0.25) is 0 Å². The number of benzene rings is 2. The second kappa shape index (κ2) is 7.35. The van der Waals surface area contributed by atoms with Crippen molar-refractivity contribution in [3.63, 3.8) is 0 Å². The van der Waals surface area contributed by atoms with E-state index in [1.54, 1.807) is 12.1 Å². The summed E-state index contributed by atoms with van der Waals surface area (Å²) in [6.45, 7) is 5.77. The lowest BCUT2D eigenvalue weighted by Gasteiger charge is -2.10. The van der Waals surface area contributed by atoms with Crippen molar-refractivity contribution in [1.29, 1.82) is 0 Å². The number of alkyl halides is 2. The predicted molar refractivity (Wildman–Crippen MR) is 108 cm³/mol. The summed E-state index contributed by atoms with van der Waals surface area (Å²) in [6.07, 6.45) is -2.67. The van der Waals surface area contributed by atoms with Crippen molar-refractivity contribution in [3.05, 3.63) is 77.2 Å². The Kier molecular flexibility index (Phi) is 4.86. The highest BCUT2D eigenvalue weighted by atomic mass is 19.3. The van der Waals surface area contributed by atoms with Crippen molar-refractivity contribution in [1.82, 2.24) is 14.8 Å². The molecule has 2 aromatic carbocycles. The van der Waals surface area contributed by atoms with Crippen molar-refractivity contribution < 1.29 is 13.2 Å². The van der Waals surface area contributed by atoms with Gasteiger partial charge in [0.1, 0.15) is 5.82 Å². The van der Waals surface area contributed by atoms with Crippen LogP contribution in [-0.2, 0) is 0 Å². The zero-order valence-corrected chi connectivity index (χ0v) is 16.3. The van der Waals surface area contributed by atoms with Gasteiger partial charge < -0.3 is 0 Å². The first kappa shape index (κ1) is 19.2. The van der Waals surface area contributed by atoms with Crippen LogP contribution in [0.5, 0.6) is 0 Å². The van der Waals surface area contributed by atoms with E-state index < -0.39 is 6.43 Å². The number of hydrogen-bond acceptors (Lipinski definition) is 2. The number of hydrogen-bond donors (Lipinski definition) is 0. The van der Waals surface area contributed by atoms with Crippen LogP contribution in [0.25, 0.3) is 28.0 Å². The molecule has 2 heterocycles. The normalized spacial score (nSPS) is 11.7. The Morgan fingerprint density at radius 2 is 1.59 bits per heavy atom. The van der Waals surface area contributed by atoms with E-state index in [9.17, 15) is 13.2 Å². The van der Waals surface area contributed by atoms with E-state index in [-0.39, 0.29) is 17.3 Å². The van der Waals surface area contributed by atoms with Crippen LogP contribution >= 0.6 is 0 Å². The Morgan fingerprint density at radius 3 is 2.17 bits per heavy atom. The number of aryl methyl sites for hydroxylation is 1. The van der Waals surface area contributed by atoms with E-state index in [1.165, 1.54) is 22.9 Å². The minimum Gasteiger partial charge on any atom is -0.228 e. The molecule has 0 saturated heterocycles. The Bertz CT molecular complexity index is 1160. The number of rotatable bonds is 4. The summed E-state index contributed by atoms with van der Waals surface area (Å²) in [5.41, 5.74) is 3.63. The fraction of sp³-hybridized carbons (Fsp3) is 0.217. The Morgan fingerprint density at radius 1 is 0.931 bits per heavy atom. The quantitative estimate of drug-likeness (QED) is 0.390. The minimum absolute atomic E-state index is 0.0799. The summed E-state index contributed by atoms with van der Waals surface area (Å²) in [6, 6.07) is 14.8. The van der Waals surface area contributed by atoms with Gasteiger partial charge in [-0.3, -0.25) is 0 Å². The van der Waals surface area contributed by atoms with Crippen LogP contribution in [0.2, 0.25) is 0 Å². The molecule has 0 spiro atoms. The lowest BCUT2D eigenvalue weighted by atomic mass is 10.0. The molecule has 0 atom stereocenters. The van der Waals surface area contributed by atoms with Crippen molar-refractivity contribution in [2.24, 2.45) is 0 Å². The van der Waals surface area contributed by atoms with E-state index in [0.717, 1.165) is 11.1 Å². The standard InChI is InChI=1S/C23H20F3N3/c1-13(2)21-20-18(22(25)26)12-19(15-6-4-14(3)5-7-15)27-23(20)29(28-21)17-10-8-16(24)9-11-17/h4-13,22H,1-3H3. The van der Waals surface area contributed by atoms with E-state index in [1.807, 2.05) is 45.0 Å². The first-order valence-electron chi connectivity index (χ1n) is 9.40. The summed E-state index contributed by atoms with van der Waals surface area (Å²) < 4.78 is 43.0. The molecule has 0 radical (unpaired) electrons. The highest BCUT2D eigenvalue weighted by molar-refractivity contribution is 5.87. The molecule has 0 fully saturated rings. The molecule has 6 heteroatoms. The molecule has 148 valence electrons. The topological polar surface area (TPSA) is 30.7 Å². The van der Waals surface area contributed by atoms with Crippen molar-refractivity contribution in [2.75, 3.05) is 0 Å². The van der Waals surface area contributed by atoms with Crippen LogP contribution in [0.15, 0.2) is 54.6 Å². The van der Waals surface area contributed by atoms with Gasteiger partial charge in [-0.25, -0.2) is 22.8 Å². The summed E-state index contributed by atoms with van der Waals surface area (Å²) in [4.78, 5) is 4.69. The average molecular weight is 395 g/mol. The molecule has 0 unspecified atom stereocenters. The molecule has 3 nitrogen and oxygen atoms in total. The first-order chi connectivity index (χ1) is 13.8. The summed E-state index contributed by atoms with van der Waals surface area (Å²) in [7, 11) is 0. The maximum atomic E-state index is 14.1. The van der Waals surface area contributed by atoms with Gasteiger partial charge in [0.15, 0.2) is 5.65 Å². The third-order valence-electron chi connectivity index (χ3n) is 4.90. The Balaban J connectivity index is 2.05. The summed E-state index contributed by atoms with van der Waals surface area (Å²) in [5, 5.41) is 4.94. The molecule has 2 aromatic heterocycles. The average Bonchev–Trinajstić information content (AvgIpc) is 3.08. The first-order valence-corrected chi connectivity index (χ1v) is 9.40. The van der Waals surface area contributed by atoms with Gasteiger partial charge in [0, 0.05) is 11.1 Å². The van der Waals surface area contributed by atoms with Crippen LogP contribution in [0.1, 0.15) is 43.0 Å². The third-order valence-corrected chi connectivity index (χ3v) is 4.90. The van der Waals surface area contributed by atoms with Crippen molar-refractivity contribution in [2.45, 2.75) is 33.1 Å². The molecule has 0 N–H and O–H groups in total. The molecular weight excluding hydrogens is 375 g/mol. The highest BCUT2D eigenvalue weighted by Gasteiger charge is 2.24. The van der Waals surface area contributed by atoms with Gasteiger partial charge in [0.05, 0.1) is 22.5 Å². The molecule has 4 rings (SSSR count). The van der Waals surface area contributed by atoms with Gasteiger partial charge >= 0.3 is 0 Å². The largest absolute Gasteiger partial charge is 0.264 e. The molecule has 0 saturated carbocycles. The monoisotopic (exact) mass is 395 g/mol. The number of pyridine rings is 1. The van der Waals surface area contributed by atoms with Gasteiger partial charge in [-0.05, 0) is 43.2 Å². The van der Waals surface area contributed by atoms with Crippen LogP contribution in [0.4, 0.5) is 13.2 Å². The van der Waals surface area contributed by atoms with Gasteiger partial charge in [0.25, 0.3) is 6.43 Å².